The van der Waals surface area contributed by atoms with Gasteiger partial charge in [0.25, 0.3) is 0 Å². The summed E-state index contributed by atoms with van der Waals surface area (Å²) < 4.78 is 7.50. The number of aromatic nitrogens is 3. The Bertz CT molecular complexity index is 4900. The van der Waals surface area contributed by atoms with Crippen molar-refractivity contribution in [2.24, 2.45) is 5.41 Å². The topological polar surface area (TPSA) is 14.8 Å². The molecule has 11 aromatic carbocycles. The van der Waals surface area contributed by atoms with Gasteiger partial charge in [-0.2, -0.15) is 0 Å². The Morgan fingerprint density at radius 1 is 0.349 bits per heavy atom. The average Bonchev–Trinajstić information content (AvgIpc) is 0.941. The first-order valence-corrected chi connectivity index (χ1v) is 34.4. The number of para-hydroxylation sites is 2. The van der Waals surface area contributed by atoms with E-state index in [1.807, 2.05) is 0 Å². The van der Waals surface area contributed by atoms with Crippen molar-refractivity contribution < 1.29 is 0 Å². The van der Waals surface area contributed by atoms with Crippen LogP contribution in [0.1, 0.15) is 58.4 Å². The fourth-order valence-electron chi connectivity index (χ4n) is 14.7. The van der Waals surface area contributed by atoms with Crippen LogP contribution in [0.4, 0.5) is 0 Å². The molecule has 0 aliphatic carbocycles. The van der Waals surface area contributed by atoms with Gasteiger partial charge in [-0.3, -0.25) is 0 Å². The summed E-state index contributed by atoms with van der Waals surface area (Å²) in [5.41, 5.74) is 14.0. The second-order valence-electron chi connectivity index (χ2n) is 25.8. The highest BCUT2D eigenvalue weighted by Crippen LogP contribution is 2.41. The lowest BCUT2D eigenvalue weighted by molar-refractivity contribution is 0.519. The summed E-state index contributed by atoms with van der Waals surface area (Å²) in [6, 6.07) is 102. The van der Waals surface area contributed by atoms with Gasteiger partial charge in [-0.25, -0.2) is 0 Å². The maximum Gasteiger partial charge on any atom is 0.179 e. The molecule has 1 aliphatic rings. The largest absolute Gasteiger partial charge is 0.310 e. The Labute approximate surface area is 507 Å². The standard InChI is InChI=1S/C81H69N3Si2/c1-55(80(3,4)5)43-47-70-56(2)67-51-57(81(6,7)8)44-48-73(67)82(70)59-45-49-74-68(53-59)69-54-60(84-71-37-20-18-35-65(71)66-36-19-21-38-72(66)84)46-50-75(69)83(74)58-27-26-34-64(52-58)86(63-32-16-11-17-33-63)78-41-24-22-39-76(78)85(61-28-12-9-13-29-61,62-30-14-10-15-31-62)77-40-23-25-42-79(77)86/h9-54H,1H2,2-8H3/b47-43-. The normalized spacial score (nSPS) is 13.9. The number of allylic oxidation sites excluding steroid dienone is 2. The first-order valence-electron chi connectivity index (χ1n) is 30.4. The minimum absolute atomic E-state index is 0.00496. The van der Waals surface area contributed by atoms with Crippen LogP contribution in [0.25, 0.3) is 77.7 Å². The molecular weight excluding hydrogens is 1070 g/mol. The van der Waals surface area contributed by atoms with Gasteiger partial charge in [0.2, 0.25) is 0 Å². The third-order valence-electron chi connectivity index (χ3n) is 19.0. The van der Waals surface area contributed by atoms with E-state index in [-0.39, 0.29) is 10.8 Å². The van der Waals surface area contributed by atoms with Crippen LogP contribution < -0.4 is 41.5 Å². The number of hydrogen-bond donors (Lipinski definition) is 0. The van der Waals surface area contributed by atoms with E-state index < -0.39 is 16.1 Å². The van der Waals surface area contributed by atoms with Gasteiger partial charge < -0.3 is 13.7 Å². The number of benzene rings is 11. The van der Waals surface area contributed by atoms with E-state index in [1.54, 1.807) is 0 Å². The molecule has 14 aromatic rings. The molecule has 0 unspecified atom stereocenters. The molecule has 1 aliphatic heterocycles. The van der Waals surface area contributed by atoms with Gasteiger partial charge in [0.05, 0.1) is 27.6 Å². The second-order valence-corrected chi connectivity index (χ2v) is 33.2. The van der Waals surface area contributed by atoms with Crippen molar-refractivity contribution in [2.75, 3.05) is 0 Å². The van der Waals surface area contributed by atoms with Crippen molar-refractivity contribution in [2.45, 2.75) is 53.9 Å². The van der Waals surface area contributed by atoms with E-state index in [0.717, 1.165) is 39.4 Å². The first kappa shape index (κ1) is 53.2. The maximum absolute atomic E-state index is 4.56. The molecule has 0 saturated heterocycles. The van der Waals surface area contributed by atoms with Crippen LogP contribution >= 0.6 is 0 Å². The predicted octanol–water partition coefficient (Wildman–Crippen LogP) is 15.1. The summed E-state index contributed by atoms with van der Waals surface area (Å²) >= 11 is 0. The zero-order valence-electron chi connectivity index (χ0n) is 50.1. The molecule has 0 fully saturated rings. The van der Waals surface area contributed by atoms with Gasteiger partial charge in [0.1, 0.15) is 0 Å². The van der Waals surface area contributed by atoms with E-state index in [2.05, 4.69) is 348 Å². The average molecular weight is 1140 g/mol. The Hall–Kier alpha value is -9.53. The van der Waals surface area contributed by atoms with Crippen LogP contribution in [0.5, 0.6) is 0 Å². The number of hydrogen-bond acceptors (Lipinski definition) is 0. The SMILES string of the molecule is C=C(/C=C\c1c(C)c2cc(C(C)(C)C)ccc2n1-c1ccc2c(c1)c1cc(-n3c4ccccc4c4ccccc43)ccc1n2-c1cccc([Si]2(c3ccccc3)c3ccccc3[Si](c3ccccc3)(c3ccccc3)c3ccccc32)c1)C(C)(C)C. The molecule has 86 heavy (non-hydrogen) atoms. The molecule has 4 heterocycles. The minimum Gasteiger partial charge on any atom is -0.310 e. The van der Waals surface area contributed by atoms with Crippen LogP contribution in [-0.4, -0.2) is 29.8 Å². The highest BCUT2D eigenvalue weighted by Gasteiger charge is 2.56. The molecule has 0 atom stereocenters. The van der Waals surface area contributed by atoms with Crippen LogP contribution in [0.15, 0.2) is 285 Å². The van der Waals surface area contributed by atoms with Gasteiger partial charge in [0, 0.05) is 49.7 Å². The maximum atomic E-state index is 4.56. The molecule has 0 bridgehead atoms. The van der Waals surface area contributed by atoms with Crippen molar-refractivity contribution >= 4 is 118 Å². The monoisotopic (exact) mass is 1140 g/mol. The quantitative estimate of drug-likeness (QED) is 0.101. The fraction of sp³-hybridized carbons (Fsp3) is 0.111. The Kier molecular flexibility index (Phi) is 12.4. The summed E-state index contributed by atoms with van der Waals surface area (Å²) in [7, 11) is -6.03. The number of aryl methyl sites for hydroxylation is 1. The molecule has 0 spiro atoms. The molecule has 0 saturated carbocycles. The molecule has 0 amide bonds. The Morgan fingerprint density at radius 3 is 1.21 bits per heavy atom. The summed E-state index contributed by atoms with van der Waals surface area (Å²) in [5, 5.41) is 17.5. The highest BCUT2D eigenvalue weighted by atomic mass is 28.3. The lowest BCUT2D eigenvalue weighted by atomic mass is 9.86. The second kappa shape index (κ2) is 20.1. The van der Waals surface area contributed by atoms with Gasteiger partial charge in [0.15, 0.2) is 16.1 Å². The van der Waals surface area contributed by atoms with Crippen LogP contribution in [-0.2, 0) is 5.41 Å². The van der Waals surface area contributed by atoms with E-state index in [4.69, 9.17) is 0 Å². The highest BCUT2D eigenvalue weighted by molar-refractivity contribution is 7.32. The third kappa shape index (κ3) is 7.98. The van der Waals surface area contributed by atoms with Crippen molar-refractivity contribution in [3.8, 4) is 17.1 Å². The van der Waals surface area contributed by atoms with Gasteiger partial charge in [-0.15, -0.1) is 0 Å². The summed E-state index contributed by atoms with van der Waals surface area (Å²) in [5.74, 6) is 0. The molecule has 15 rings (SSSR count). The van der Waals surface area contributed by atoms with Crippen molar-refractivity contribution in [1.29, 1.82) is 0 Å². The molecule has 5 heteroatoms. The van der Waals surface area contributed by atoms with Gasteiger partial charge in [-0.05, 0) is 155 Å². The molecule has 3 nitrogen and oxygen atoms in total. The molecule has 416 valence electrons. The predicted molar refractivity (Wildman–Crippen MR) is 374 cm³/mol. The Morgan fingerprint density at radius 2 is 0.733 bits per heavy atom. The van der Waals surface area contributed by atoms with E-state index in [0.29, 0.717) is 0 Å². The van der Waals surface area contributed by atoms with Crippen LogP contribution in [0, 0.1) is 12.3 Å². The summed E-state index contributed by atoms with van der Waals surface area (Å²) in [4.78, 5) is 0. The zero-order valence-corrected chi connectivity index (χ0v) is 52.1. The smallest absolute Gasteiger partial charge is 0.179 e. The van der Waals surface area contributed by atoms with Gasteiger partial charge >= 0.3 is 0 Å². The van der Waals surface area contributed by atoms with Crippen LogP contribution in [0.2, 0.25) is 0 Å². The van der Waals surface area contributed by atoms with Crippen LogP contribution in [0.3, 0.4) is 0 Å². The number of fused-ring (bicyclic) bond motifs is 9. The third-order valence-corrected chi connectivity index (χ3v) is 29.2. The van der Waals surface area contributed by atoms with Crippen molar-refractivity contribution in [3.63, 3.8) is 0 Å². The molecule has 0 N–H and O–H groups in total. The molecule has 0 radical (unpaired) electrons. The zero-order chi connectivity index (χ0) is 58.7. The summed E-state index contributed by atoms with van der Waals surface area (Å²) in [6.45, 7) is 20.5. The van der Waals surface area contributed by atoms with E-state index in [9.17, 15) is 0 Å². The lowest BCUT2D eigenvalue weighted by Crippen LogP contribution is -2.93. The molecular formula is C81H69N3Si2. The van der Waals surface area contributed by atoms with E-state index in [1.165, 1.54) is 96.1 Å². The lowest BCUT2D eigenvalue weighted by Gasteiger charge is -2.48. The minimum atomic E-state index is -3.13. The van der Waals surface area contributed by atoms with E-state index >= 15 is 0 Å². The fourth-order valence-corrected chi connectivity index (χ4v) is 26.8. The van der Waals surface area contributed by atoms with Gasteiger partial charge in [-0.1, -0.05) is 248 Å². The number of rotatable bonds is 9. The number of nitrogens with zero attached hydrogens (tertiary/aromatic N) is 3. The summed E-state index contributed by atoms with van der Waals surface area (Å²) in [6.07, 6.45) is 4.54. The van der Waals surface area contributed by atoms with Crippen molar-refractivity contribution in [1.82, 2.24) is 13.7 Å². The first-order chi connectivity index (χ1) is 41.8. The Balaban J connectivity index is 1.01. The molecule has 3 aromatic heterocycles. The van der Waals surface area contributed by atoms with Crippen molar-refractivity contribution in [3.05, 3.63) is 302 Å².